The van der Waals surface area contributed by atoms with E-state index in [0.717, 1.165) is 6.08 Å². The molecule has 0 aliphatic rings. The summed E-state index contributed by atoms with van der Waals surface area (Å²) in [5.74, 6) is 0. The fraction of sp³-hybridized carbons (Fsp3) is 0.214. The number of carbonyl (C=O) groups excluding carboxylic acids is 3. The number of nitrogens with zero attached hydrogens (tertiary/aromatic N) is 4. The van der Waals surface area contributed by atoms with E-state index in [2.05, 4.69) is 32.5 Å². The molecule has 0 aliphatic heterocycles. The van der Waals surface area contributed by atoms with Crippen LogP contribution >= 0.6 is 0 Å². The number of hydrogen-bond acceptors (Lipinski definition) is 5. The van der Waals surface area contributed by atoms with Crippen LogP contribution in [0.25, 0.3) is 0 Å². The summed E-state index contributed by atoms with van der Waals surface area (Å²) >= 11 is 0. The molecule has 2 heterocycles. The molecule has 0 unspecified atom stereocenters. The minimum Gasteiger partial charge on any atom is -0.416 e. The second kappa shape index (κ2) is 16.6. The molecule has 0 amide bonds. The Morgan fingerprint density at radius 3 is 1.73 bits per heavy atom. The standard InChI is InChI=1S/C5H5BN2O.C4H5BN2.C3H2BO.C2H3BO.W/c1-8-5(6)4(3-9)2-7-8;1-7-4(5)2-3-6-7;1-2-3(4)5;1-2(3)4;/h2-3H,1H3;2-3H,1H3;1-2H;1H3;/q;;-1;;. The number of aryl methyl sites for hydroxylation is 2. The number of carbonyl (C=O) groups is 3. The molecule has 0 saturated carbocycles. The van der Waals surface area contributed by atoms with Crippen LogP contribution in [0.2, 0.25) is 0 Å². The zero-order chi connectivity index (χ0) is 20.0. The molecule has 0 atom stereocenters. The second-order valence-corrected chi connectivity index (χ2v) is 4.29. The first-order valence-electron chi connectivity index (χ1n) is 6.63. The van der Waals surface area contributed by atoms with Crippen LogP contribution in [0.1, 0.15) is 17.3 Å². The monoisotopic (exact) mass is 515 g/mol. The first-order valence-corrected chi connectivity index (χ1v) is 6.63. The van der Waals surface area contributed by atoms with Crippen LogP contribution in [0.3, 0.4) is 0 Å². The molecule has 2 rings (SSSR count). The van der Waals surface area contributed by atoms with E-state index in [1.807, 2.05) is 0 Å². The van der Waals surface area contributed by atoms with Crippen LogP contribution in [-0.2, 0) is 44.7 Å². The van der Waals surface area contributed by atoms with Gasteiger partial charge in [0.05, 0.1) is 11.9 Å². The van der Waals surface area contributed by atoms with Crippen LogP contribution in [-0.4, -0.2) is 68.6 Å². The van der Waals surface area contributed by atoms with E-state index < -0.39 is 5.68 Å². The Labute approximate surface area is 172 Å². The third-order valence-electron chi connectivity index (χ3n) is 2.16. The Kier molecular flexibility index (Phi) is 18.4. The van der Waals surface area contributed by atoms with Gasteiger partial charge in [-0.15, -0.1) is 0 Å². The maximum Gasteiger partial charge on any atom is 0.167 e. The normalized spacial score (nSPS) is 7.96. The molecule has 8 radical (unpaired) electrons. The van der Waals surface area contributed by atoms with E-state index in [1.54, 1.807) is 31.0 Å². The maximum atomic E-state index is 10.1. The van der Waals surface area contributed by atoms with Crippen molar-refractivity contribution < 1.29 is 35.4 Å². The molecule has 0 bridgehead atoms. The first-order chi connectivity index (χ1) is 11.6. The van der Waals surface area contributed by atoms with E-state index >= 15 is 0 Å². The zero-order valence-electron chi connectivity index (χ0n) is 14.7. The molecule has 0 aromatic carbocycles. The average molecular weight is 514 g/mol. The fourth-order valence-electron chi connectivity index (χ4n) is 0.939. The molecule has 0 saturated heterocycles. The molecular weight excluding hydrogens is 499 g/mol. The van der Waals surface area contributed by atoms with Gasteiger partial charge in [-0.05, 0) is 29.9 Å². The summed E-state index contributed by atoms with van der Waals surface area (Å²) in [5, 5.41) is 7.56. The van der Waals surface area contributed by atoms with E-state index in [0.29, 0.717) is 23.0 Å². The third-order valence-corrected chi connectivity index (χ3v) is 2.16. The van der Waals surface area contributed by atoms with Gasteiger partial charge in [-0.3, -0.25) is 20.7 Å². The molecule has 12 heteroatoms. The summed E-state index contributed by atoms with van der Waals surface area (Å²) in [6, 6.07) is 1.75. The zero-order valence-corrected chi connectivity index (χ0v) is 17.6. The van der Waals surface area contributed by atoms with Crippen LogP contribution in [0.15, 0.2) is 24.5 Å². The van der Waals surface area contributed by atoms with Crippen molar-refractivity contribution in [2.75, 3.05) is 0 Å². The fourth-order valence-corrected chi connectivity index (χ4v) is 0.939. The SMILES string of the molecule is [B]C(=O)C=[CH-].[B]C(C)=O.[B]c1c(C=O)cnn1C.[B]c1ccnn1C.[W]. The van der Waals surface area contributed by atoms with Crippen LogP contribution in [0, 0.1) is 6.58 Å². The van der Waals surface area contributed by atoms with E-state index in [9.17, 15) is 14.4 Å². The van der Waals surface area contributed by atoms with E-state index in [1.165, 1.54) is 17.8 Å². The van der Waals surface area contributed by atoms with Crippen molar-refractivity contribution in [3.05, 3.63) is 36.7 Å². The molecule has 0 spiro atoms. The largest absolute Gasteiger partial charge is 0.416 e. The molecule has 2 aromatic rings. The van der Waals surface area contributed by atoms with Crippen LogP contribution in [0.5, 0.6) is 0 Å². The van der Waals surface area contributed by atoms with Crippen LogP contribution < -0.4 is 11.2 Å². The van der Waals surface area contributed by atoms with E-state index in [4.69, 9.17) is 15.7 Å². The average Bonchev–Trinajstić information content (AvgIpc) is 3.06. The van der Waals surface area contributed by atoms with Gasteiger partial charge in [0.15, 0.2) is 14.1 Å². The maximum absolute atomic E-state index is 10.1. The molecule has 128 valence electrons. The number of aldehydes is 1. The number of rotatable bonds is 2. The topological polar surface area (TPSA) is 86.8 Å². The van der Waals surface area contributed by atoms with Gasteiger partial charge in [0, 0.05) is 54.8 Å². The summed E-state index contributed by atoms with van der Waals surface area (Å²) in [7, 11) is 23.2. The third kappa shape index (κ3) is 15.6. The van der Waals surface area contributed by atoms with Crippen molar-refractivity contribution in [2.45, 2.75) is 6.92 Å². The van der Waals surface area contributed by atoms with Crippen molar-refractivity contribution in [1.82, 2.24) is 19.6 Å². The predicted octanol–water partition coefficient (Wildman–Crippen LogP) is -2.39. The van der Waals surface area contributed by atoms with Crippen molar-refractivity contribution >= 4 is 60.2 Å². The van der Waals surface area contributed by atoms with Gasteiger partial charge in [0.1, 0.15) is 15.7 Å². The molecule has 0 N–H and O–H groups in total. The van der Waals surface area contributed by atoms with Gasteiger partial charge in [0.25, 0.3) is 0 Å². The molecule has 2 aromatic heterocycles. The first kappa shape index (κ1) is 28.9. The number of allylic oxidation sites excluding steroid dienone is 1. The quantitative estimate of drug-likeness (QED) is 0.193. The minimum atomic E-state index is -0.593. The summed E-state index contributed by atoms with van der Waals surface area (Å²) in [6.07, 6.45) is 4.58. The van der Waals surface area contributed by atoms with Gasteiger partial charge in [-0.2, -0.15) is 10.2 Å². The predicted molar refractivity (Wildman–Crippen MR) is 98.6 cm³/mol. The Morgan fingerprint density at radius 1 is 1.15 bits per heavy atom. The molecular formula is C14H15B4N4O3W-. The summed E-state index contributed by atoms with van der Waals surface area (Å²) in [6.45, 7) is 5.88. The van der Waals surface area contributed by atoms with Crippen LogP contribution in [0.4, 0.5) is 0 Å². The van der Waals surface area contributed by atoms with Crippen molar-refractivity contribution in [3.63, 3.8) is 0 Å². The smallest absolute Gasteiger partial charge is 0.167 e. The second-order valence-electron chi connectivity index (χ2n) is 4.29. The van der Waals surface area contributed by atoms with Crippen molar-refractivity contribution in [1.29, 1.82) is 0 Å². The number of hydrogen-bond donors (Lipinski definition) is 0. The Bertz CT molecular complexity index is 684. The van der Waals surface area contributed by atoms with Crippen molar-refractivity contribution in [3.8, 4) is 0 Å². The molecule has 0 aliphatic carbocycles. The summed E-state index contributed by atoms with van der Waals surface area (Å²) in [5.41, 5.74) is 0.618. The Morgan fingerprint density at radius 2 is 1.62 bits per heavy atom. The van der Waals surface area contributed by atoms with Gasteiger partial charge >= 0.3 is 0 Å². The molecule has 26 heavy (non-hydrogen) atoms. The van der Waals surface area contributed by atoms with Gasteiger partial charge in [-0.1, -0.05) is 0 Å². The van der Waals surface area contributed by atoms with E-state index in [-0.39, 0.29) is 26.7 Å². The molecule has 0 fully saturated rings. The van der Waals surface area contributed by atoms with Gasteiger partial charge < -0.3 is 9.59 Å². The minimum absolute atomic E-state index is 0. The molecule has 7 nitrogen and oxygen atoms in total. The summed E-state index contributed by atoms with van der Waals surface area (Å²) in [4.78, 5) is 28.7. The Balaban J connectivity index is -0.000000282. The van der Waals surface area contributed by atoms with Gasteiger partial charge in [-0.25, -0.2) is 6.08 Å². The Hall–Kier alpha value is -1.88. The number of aromatic nitrogens is 4. The van der Waals surface area contributed by atoms with Gasteiger partial charge in [0.2, 0.25) is 0 Å². The summed E-state index contributed by atoms with van der Waals surface area (Å²) < 4.78 is 3.06. The van der Waals surface area contributed by atoms with Crippen molar-refractivity contribution in [2.24, 2.45) is 14.1 Å².